The summed E-state index contributed by atoms with van der Waals surface area (Å²) in [5.41, 5.74) is 3.90. The molecule has 0 aromatic carbocycles. The molecular formula is C5H11ClFNO. The lowest BCUT2D eigenvalue weighted by atomic mass is 10.1. The average molecular weight is 156 g/mol. The second-order valence-corrected chi connectivity index (χ2v) is 2.16. The highest BCUT2D eigenvalue weighted by Crippen LogP contribution is 2.20. The standard InChI is InChI=1S/C5H10FNO.ClH/c6-5(3-7)1-2-8-4-5;/h1-4,7H2;1H/t5-;/m1./s1. The van der Waals surface area contributed by atoms with Crippen molar-refractivity contribution in [3.63, 3.8) is 0 Å². The molecule has 0 amide bonds. The molecule has 0 bridgehead atoms. The number of rotatable bonds is 1. The summed E-state index contributed by atoms with van der Waals surface area (Å²) in [6.45, 7) is 0.796. The van der Waals surface area contributed by atoms with Crippen LogP contribution in [-0.4, -0.2) is 25.4 Å². The highest BCUT2D eigenvalue weighted by Gasteiger charge is 2.32. The van der Waals surface area contributed by atoms with Crippen LogP contribution in [0.15, 0.2) is 0 Å². The number of hydrogen-bond acceptors (Lipinski definition) is 2. The topological polar surface area (TPSA) is 35.2 Å². The van der Waals surface area contributed by atoms with Crippen molar-refractivity contribution in [1.82, 2.24) is 0 Å². The first-order valence-electron chi connectivity index (χ1n) is 2.74. The lowest BCUT2D eigenvalue weighted by molar-refractivity contribution is 0.118. The molecule has 0 aliphatic carbocycles. The van der Waals surface area contributed by atoms with Crippen LogP contribution in [0.25, 0.3) is 0 Å². The Kier molecular flexibility index (Phi) is 3.40. The summed E-state index contributed by atoms with van der Waals surface area (Å²) in [4.78, 5) is 0. The van der Waals surface area contributed by atoms with Crippen molar-refractivity contribution in [3.05, 3.63) is 0 Å². The molecule has 1 heterocycles. The van der Waals surface area contributed by atoms with Gasteiger partial charge < -0.3 is 10.5 Å². The molecule has 0 saturated carbocycles. The summed E-state index contributed by atoms with van der Waals surface area (Å²) in [6, 6.07) is 0. The Hall–Kier alpha value is 0.140. The molecule has 9 heavy (non-hydrogen) atoms. The zero-order valence-electron chi connectivity index (χ0n) is 5.10. The van der Waals surface area contributed by atoms with E-state index in [0.717, 1.165) is 0 Å². The average Bonchev–Trinajstić information content (AvgIpc) is 2.17. The summed E-state index contributed by atoms with van der Waals surface area (Å²) in [5, 5.41) is 0. The zero-order valence-corrected chi connectivity index (χ0v) is 5.92. The van der Waals surface area contributed by atoms with Gasteiger partial charge in [-0.15, -0.1) is 12.4 Å². The van der Waals surface area contributed by atoms with Gasteiger partial charge in [0.15, 0.2) is 0 Å². The Morgan fingerprint density at radius 2 is 2.33 bits per heavy atom. The van der Waals surface area contributed by atoms with E-state index in [-0.39, 0.29) is 25.6 Å². The van der Waals surface area contributed by atoms with Crippen molar-refractivity contribution in [3.8, 4) is 0 Å². The van der Waals surface area contributed by atoms with Gasteiger partial charge in [0.2, 0.25) is 0 Å². The van der Waals surface area contributed by atoms with E-state index in [9.17, 15) is 4.39 Å². The molecule has 1 aliphatic heterocycles. The van der Waals surface area contributed by atoms with Crippen LogP contribution in [0, 0.1) is 0 Å². The molecule has 4 heteroatoms. The van der Waals surface area contributed by atoms with Crippen LogP contribution >= 0.6 is 12.4 Å². The predicted molar refractivity (Wildman–Crippen MR) is 35.6 cm³/mol. The maximum absolute atomic E-state index is 12.8. The van der Waals surface area contributed by atoms with Crippen LogP contribution in [0.3, 0.4) is 0 Å². The fourth-order valence-corrected chi connectivity index (χ4v) is 0.743. The first-order valence-corrected chi connectivity index (χ1v) is 2.74. The third-order valence-electron chi connectivity index (χ3n) is 1.42. The number of ether oxygens (including phenoxy) is 1. The predicted octanol–water partition coefficient (Wildman–Crippen LogP) is 0.495. The Labute approximate surface area is 60.0 Å². The molecule has 0 aromatic rings. The third kappa shape index (κ3) is 2.08. The molecule has 2 nitrogen and oxygen atoms in total. The van der Waals surface area contributed by atoms with Crippen LogP contribution in [0.5, 0.6) is 0 Å². The fourth-order valence-electron chi connectivity index (χ4n) is 0.743. The van der Waals surface area contributed by atoms with Crippen molar-refractivity contribution in [2.75, 3.05) is 19.8 Å². The largest absolute Gasteiger partial charge is 0.378 e. The summed E-state index contributed by atoms with van der Waals surface area (Å²) >= 11 is 0. The van der Waals surface area contributed by atoms with Gasteiger partial charge in [0.05, 0.1) is 6.61 Å². The summed E-state index contributed by atoms with van der Waals surface area (Å²) in [7, 11) is 0. The van der Waals surface area contributed by atoms with Crippen LogP contribution in [-0.2, 0) is 4.74 Å². The Morgan fingerprint density at radius 3 is 2.56 bits per heavy atom. The molecule has 0 unspecified atom stereocenters. The first kappa shape index (κ1) is 9.14. The lowest BCUT2D eigenvalue weighted by Gasteiger charge is -2.12. The van der Waals surface area contributed by atoms with Crippen molar-refractivity contribution in [2.45, 2.75) is 12.1 Å². The minimum Gasteiger partial charge on any atom is -0.378 e. The first-order chi connectivity index (χ1) is 3.77. The van der Waals surface area contributed by atoms with Crippen LogP contribution < -0.4 is 5.73 Å². The molecule has 2 N–H and O–H groups in total. The van der Waals surface area contributed by atoms with E-state index in [1.54, 1.807) is 0 Å². The number of alkyl halides is 1. The molecular weight excluding hydrogens is 145 g/mol. The van der Waals surface area contributed by atoms with Gasteiger partial charge in [-0.3, -0.25) is 0 Å². The minimum atomic E-state index is -1.21. The van der Waals surface area contributed by atoms with Gasteiger partial charge in [-0.1, -0.05) is 0 Å². The third-order valence-corrected chi connectivity index (χ3v) is 1.42. The van der Waals surface area contributed by atoms with Crippen LogP contribution in [0.2, 0.25) is 0 Å². The van der Waals surface area contributed by atoms with Gasteiger partial charge in [-0.05, 0) is 0 Å². The van der Waals surface area contributed by atoms with Crippen molar-refractivity contribution in [2.24, 2.45) is 5.73 Å². The fraction of sp³-hybridized carbons (Fsp3) is 1.00. The quantitative estimate of drug-likeness (QED) is 0.599. The van der Waals surface area contributed by atoms with E-state index < -0.39 is 5.67 Å². The molecule has 0 aromatic heterocycles. The normalized spacial score (nSPS) is 34.0. The Morgan fingerprint density at radius 1 is 1.67 bits per heavy atom. The molecule has 1 rings (SSSR count). The molecule has 0 spiro atoms. The van der Waals surface area contributed by atoms with E-state index in [1.807, 2.05) is 0 Å². The van der Waals surface area contributed by atoms with Gasteiger partial charge >= 0.3 is 0 Å². The molecule has 1 fully saturated rings. The molecule has 1 atom stereocenters. The number of hydrogen-bond donors (Lipinski definition) is 1. The van der Waals surface area contributed by atoms with Crippen molar-refractivity contribution < 1.29 is 9.13 Å². The zero-order chi connectivity index (χ0) is 6.04. The monoisotopic (exact) mass is 155 g/mol. The second kappa shape index (κ2) is 3.34. The van der Waals surface area contributed by atoms with Gasteiger partial charge in [-0.2, -0.15) is 0 Å². The highest BCUT2D eigenvalue weighted by atomic mass is 35.5. The maximum atomic E-state index is 12.8. The summed E-state index contributed by atoms with van der Waals surface area (Å²) in [5.74, 6) is 0. The van der Waals surface area contributed by atoms with E-state index in [0.29, 0.717) is 13.0 Å². The SMILES string of the molecule is Cl.NC[C@]1(F)CCOC1. The molecule has 0 radical (unpaired) electrons. The molecule has 1 saturated heterocycles. The molecule has 56 valence electrons. The Bertz CT molecular complexity index is 85.0. The summed E-state index contributed by atoms with van der Waals surface area (Å²) < 4.78 is 17.6. The van der Waals surface area contributed by atoms with Gasteiger partial charge in [0.25, 0.3) is 0 Å². The number of nitrogens with two attached hydrogens (primary N) is 1. The van der Waals surface area contributed by atoms with E-state index in [4.69, 9.17) is 10.5 Å². The maximum Gasteiger partial charge on any atom is 0.148 e. The van der Waals surface area contributed by atoms with Gasteiger partial charge in [-0.25, -0.2) is 4.39 Å². The lowest BCUT2D eigenvalue weighted by Crippen LogP contribution is -2.32. The molecule has 1 aliphatic rings. The van der Waals surface area contributed by atoms with Crippen LogP contribution in [0.4, 0.5) is 4.39 Å². The highest BCUT2D eigenvalue weighted by molar-refractivity contribution is 5.85. The van der Waals surface area contributed by atoms with Crippen molar-refractivity contribution >= 4 is 12.4 Å². The van der Waals surface area contributed by atoms with Gasteiger partial charge in [0, 0.05) is 19.6 Å². The van der Waals surface area contributed by atoms with E-state index in [2.05, 4.69) is 0 Å². The Balaban J connectivity index is 0.000000640. The van der Waals surface area contributed by atoms with E-state index in [1.165, 1.54) is 0 Å². The van der Waals surface area contributed by atoms with E-state index >= 15 is 0 Å². The van der Waals surface area contributed by atoms with Gasteiger partial charge in [0.1, 0.15) is 5.67 Å². The van der Waals surface area contributed by atoms with Crippen molar-refractivity contribution in [1.29, 1.82) is 0 Å². The second-order valence-electron chi connectivity index (χ2n) is 2.16. The minimum absolute atomic E-state index is 0. The number of halogens is 2. The smallest absolute Gasteiger partial charge is 0.148 e. The summed E-state index contributed by atoms with van der Waals surface area (Å²) in [6.07, 6.45) is 0.462. The van der Waals surface area contributed by atoms with Crippen LogP contribution in [0.1, 0.15) is 6.42 Å².